The van der Waals surface area contributed by atoms with Gasteiger partial charge in [0, 0.05) is 41.6 Å². The largest absolute Gasteiger partial charge is 0.484 e. The molecule has 0 fully saturated rings. The monoisotopic (exact) mass is 526 g/mol. The van der Waals surface area contributed by atoms with Crippen LogP contribution in [0.15, 0.2) is 54.9 Å². The van der Waals surface area contributed by atoms with Crippen molar-refractivity contribution in [2.24, 2.45) is 0 Å². The van der Waals surface area contributed by atoms with Crippen LogP contribution in [0, 0.1) is 31.0 Å². The molecule has 0 aliphatic carbocycles. The number of amides is 1. The van der Waals surface area contributed by atoms with E-state index in [4.69, 9.17) is 4.74 Å². The van der Waals surface area contributed by atoms with Gasteiger partial charge in [0.05, 0.1) is 22.5 Å². The number of nitrogens with zero attached hydrogens (tertiary/aromatic N) is 4. The molecule has 0 atom stereocenters. The number of hydrogen-bond donors (Lipinski definition) is 2. The van der Waals surface area contributed by atoms with E-state index < -0.39 is 5.82 Å². The number of aryl methyl sites for hydroxylation is 2. The van der Waals surface area contributed by atoms with E-state index >= 15 is 0 Å². The van der Waals surface area contributed by atoms with Gasteiger partial charge in [-0.15, -0.1) is 0 Å². The summed E-state index contributed by atoms with van der Waals surface area (Å²) in [4.78, 5) is 23.3. The summed E-state index contributed by atoms with van der Waals surface area (Å²) in [5.74, 6) is -0.538. The van der Waals surface area contributed by atoms with Gasteiger partial charge in [-0.1, -0.05) is 6.07 Å². The lowest BCUT2D eigenvalue weighted by atomic mass is 10.0. The summed E-state index contributed by atoms with van der Waals surface area (Å²) >= 11 is 0. The van der Waals surface area contributed by atoms with Gasteiger partial charge in [-0.25, -0.2) is 4.39 Å². The lowest BCUT2D eigenvalue weighted by Gasteiger charge is -2.16. The van der Waals surface area contributed by atoms with Crippen LogP contribution in [-0.2, 0) is 11.4 Å². The molecule has 9 heteroatoms. The van der Waals surface area contributed by atoms with Crippen molar-refractivity contribution in [1.82, 2.24) is 14.9 Å². The Bertz CT molecular complexity index is 1550. The molecule has 0 spiro atoms. The Kier molecular flexibility index (Phi) is 8.69. The first-order chi connectivity index (χ1) is 18.7. The normalized spacial score (nSPS) is 10.9. The van der Waals surface area contributed by atoms with Crippen molar-refractivity contribution in [2.45, 2.75) is 33.3 Å². The highest BCUT2D eigenvalue weighted by Gasteiger charge is 2.15. The molecule has 8 nitrogen and oxygen atoms in total. The average Bonchev–Trinajstić information content (AvgIpc) is 2.89. The minimum absolute atomic E-state index is 0.0863. The van der Waals surface area contributed by atoms with Gasteiger partial charge in [0.2, 0.25) is 5.91 Å². The van der Waals surface area contributed by atoms with E-state index in [1.54, 1.807) is 18.3 Å². The molecule has 4 aromatic rings. The molecular formula is C30H31FN6O2. The number of pyridine rings is 2. The third-order valence-corrected chi connectivity index (χ3v) is 6.30. The molecule has 0 saturated carbocycles. The molecule has 2 heterocycles. The zero-order valence-corrected chi connectivity index (χ0v) is 22.5. The number of hydrogen-bond acceptors (Lipinski definition) is 7. The van der Waals surface area contributed by atoms with E-state index in [9.17, 15) is 14.4 Å². The number of fused-ring (bicyclic) bond motifs is 1. The van der Waals surface area contributed by atoms with E-state index in [1.807, 2.05) is 51.0 Å². The van der Waals surface area contributed by atoms with Crippen LogP contribution in [-0.4, -0.2) is 41.4 Å². The second-order valence-corrected chi connectivity index (χ2v) is 9.62. The van der Waals surface area contributed by atoms with Gasteiger partial charge in [-0.3, -0.25) is 14.8 Å². The Morgan fingerprint density at radius 1 is 1.13 bits per heavy atom. The van der Waals surface area contributed by atoms with Crippen LogP contribution in [0.25, 0.3) is 10.9 Å². The molecule has 39 heavy (non-hydrogen) atoms. The molecule has 200 valence electrons. The minimum atomic E-state index is -0.549. The molecule has 0 unspecified atom stereocenters. The quantitative estimate of drug-likeness (QED) is 0.267. The number of carbonyl (C=O) groups excluding carboxylic acids is 1. The van der Waals surface area contributed by atoms with Crippen molar-refractivity contribution in [3.8, 4) is 11.8 Å². The van der Waals surface area contributed by atoms with Gasteiger partial charge in [0.15, 0.2) is 11.6 Å². The maximum absolute atomic E-state index is 15.0. The minimum Gasteiger partial charge on any atom is -0.484 e. The van der Waals surface area contributed by atoms with Gasteiger partial charge >= 0.3 is 0 Å². The lowest BCUT2D eigenvalue weighted by Crippen LogP contribution is -2.17. The van der Waals surface area contributed by atoms with Crippen molar-refractivity contribution >= 4 is 33.9 Å². The molecule has 0 bridgehead atoms. The number of carbonyl (C=O) groups is 1. The second-order valence-electron chi connectivity index (χ2n) is 9.62. The Morgan fingerprint density at radius 3 is 2.67 bits per heavy atom. The zero-order chi connectivity index (χ0) is 27.9. The van der Waals surface area contributed by atoms with Gasteiger partial charge in [-0.2, -0.15) is 5.26 Å². The topological polar surface area (TPSA) is 103 Å². The van der Waals surface area contributed by atoms with E-state index in [-0.39, 0.29) is 18.3 Å². The summed E-state index contributed by atoms with van der Waals surface area (Å²) < 4.78 is 20.6. The number of nitriles is 1. The van der Waals surface area contributed by atoms with Gasteiger partial charge < -0.3 is 20.3 Å². The molecule has 2 aromatic carbocycles. The van der Waals surface area contributed by atoms with Crippen LogP contribution in [0.1, 0.15) is 35.2 Å². The Balaban J connectivity index is 1.58. The maximum atomic E-state index is 15.0. The number of rotatable bonds is 10. The third-order valence-electron chi connectivity index (χ3n) is 6.30. The molecule has 0 aliphatic heterocycles. The smallest absolute Gasteiger partial charge is 0.224 e. The summed E-state index contributed by atoms with van der Waals surface area (Å²) in [5.41, 5.74) is 5.03. The first kappa shape index (κ1) is 27.5. The summed E-state index contributed by atoms with van der Waals surface area (Å²) in [5, 5.41) is 16.5. The van der Waals surface area contributed by atoms with Crippen molar-refractivity contribution in [2.75, 3.05) is 31.3 Å². The summed E-state index contributed by atoms with van der Waals surface area (Å²) in [6, 6.07) is 14.1. The highest BCUT2D eigenvalue weighted by atomic mass is 19.1. The summed E-state index contributed by atoms with van der Waals surface area (Å²) in [6.07, 6.45) is 4.28. The standard InChI is InChI=1S/C30H31FN6O2/c1-19-7-5-11-33-27(19)18-39-28-10-9-22(14-24(28)31)35-30-21(16-32)17-34-26-13-20(2)25(15-23(26)30)36-29(38)8-6-12-37(3)4/h5,7,9-11,13-15,17H,6,8,12,18H2,1-4H3,(H,34,35)(H,36,38). The van der Waals surface area contributed by atoms with Crippen molar-refractivity contribution in [3.05, 3.63) is 83.1 Å². The SMILES string of the molecule is Cc1cc2ncc(C#N)c(Nc3ccc(OCc4ncccc4C)c(F)c3)c2cc1NC(=O)CCCN(C)C. The predicted molar refractivity (Wildman–Crippen MR) is 151 cm³/mol. The maximum Gasteiger partial charge on any atom is 0.224 e. The highest BCUT2D eigenvalue weighted by molar-refractivity contribution is 6.01. The van der Waals surface area contributed by atoms with Crippen LogP contribution in [0.3, 0.4) is 0 Å². The third kappa shape index (κ3) is 6.86. The Morgan fingerprint density at radius 2 is 1.95 bits per heavy atom. The molecule has 2 N–H and O–H groups in total. The molecule has 0 aliphatic rings. The molecular weight excluding hydrogens is 495 g/mol. The van der Waals surface area contributed by atoms with E-state index in [2.05, 4.69) is 26.7 Å². The van der Waals surface area contributed by atoms with Crippen LogP contribution < -0.4 is 15.4 Å². The summed E-state index contributed by atoms with van der Waals surface area (Å²) in [7, 11) is 3.93. The molecule has 1 amide bonds. The first-order valence-corrected chi connectivity index (χ1v) is 12.6. The molecule has 0 radical (unpaired) electrons. The van der Waals surface area contributed by atoms with Gasteiger partial charge in [0.25, 0.3) is 0 Å². The lowest BCUT2D eigenvalue weighted by molar-refractivity contribution is -0.116. The fourth-order valence-electron chi connectivity index (χ4n) is 4.12. The van der Waals surface area contributed by atoms with Crippen LogP contribution in [0.4, 0.5) is 21.5 Å². The molecule has 2 aromatic heterocycles. The summed E-state index contributed by atoms with van der Waals surface area (Å²) in [6.45, 7) is 4.77. The number of halogens is 1. The number of aromatic nitrogens is 2. The highest BCUT2D eigenvalue weighted by Crippen LogP contribution is 2.33. The number of benzene rings is 2. The average molecular weight is 527 g/mol. The fraction of sp³-hybridized carbons (Fsp3) is 0.267. The Labute approximate surface area is 227 Å². The molecule has 0 saturated heterocycles. The number of ether oxygens (including phenoxy) is 1. The number of anilines is 3. The van der Waals surface area contributed by atoms with Crippen molar-refractivity contribution in [3.63, 3.8) is 0 Å². The van der Waals surface area contributed by atoms with Gasteiger partial charge in [0.1, 0.15) is 12.7 Å². The van der Waals surface area contributed by atoms with E-state index in [0.717, 1.165) is 29.8 Å². The van der Waals surface area contributed by atoms with E-state index in [1.165, 1.54) is 18.3 Å². The second kappa shape index (κ2) is 12.3. The van der Waals surface area contributed by atoms with Crippen LogP contribution >= 0.6 is 0 Å². The van der Waals surface area contributed by atoms with Gasteiger partial charge in [-0.05, 0) is 82.4 Å². The fourth-order valence-corrected chi connectivity index (χ4v) is 4.12. The van der Waals surface area contributed by atoms with Crippen LogP contribution in [0.5, 0.6) is 5.75 Å². The van der Waals surface area contributed by atoms with Crippen LogP contribution in [0.2, 0.25) is 0 Å². The zero-order valence-electron chi connectivity index (χ0n) is 22.5. The van der Waals surface area contributed by atoms with E-state index in [0.29, 0.717) is 39.9 Å². The van der Waals surface area contributed by atoms with Crippen molar-refractivity contribution < 1.29 is 13.9 Å². The van der Waals surface area contributed by atoms with Crippen molar-refractivity contribution in [1.29, 1.82) is 5.26 Å². The predicted octanol–water partition coefficient (Wildman–Crippen LogP) is 5.86. The Hall–Kier alpha value is -4.55. The number of nitrogens with one attached hydrogen (secondary N) is 2. The first-order valence-electron chi connectivity index (χ1n) is 12.6. The molecule has 4 rings (SSSR count).